The molecule has 2 aromatic heterocycles. The average molecular weight is 391 g/mol. The molecule has 0 aliphatic heterocycles. The first kappa shape index (κ1) is 20.0. The smallest absolute Gasteiger partial charge is 0.344 e. The van der Waals surface area contributed by atoms with Crippen LogP contribution >= 0.6 is 0 Å². The molecule has 0 aliphatic rings. The van der Waals surface area contributed by atoms with Crippen molar-refractivity contribution in [3.8, 4) is 11.6 Å². The first-order valence-electron chi connectivity index (χ1n) is 9.13. The molecule has 0 bridgehead atoms. The van der Waals surface area contributed by atoms with Crippen molar-refractivity contribution in [3.63, 3.8) is 0 Å². The Labute approximate surface area is 168 Å². The Morgan fingerprint density at radius 1 is 1.03 bits per heavy atom. The number of rotatable bonds is 7. The molecule has 0 fully saturated rings. The van der Waals surface area contributed by atoms with Gasteiger partial charge in [0, 0.05) is 18.1 Å². The summed E-state index contributed by atoms with van der Waals surface area (Å²) in [5, 5.41) is 2.70. The number of hydrogen-bond donors (Lipinski definition) is 1. The van der Waals surface area contributed by atoms with E-state index in [-0.39, 0.29) is 11.4 Å². The highest BCUT2D eigenvalue weighted by molar-refractivity contribution is 5.96. The van der Waals surface area contributed by atoms with Gasteiger partial charge < -0.3 is 14.8 Å². The molecule has 0 radical (unpaired) electrons. The minimum Gasteiger partial charge on any atom is -0.452 e. The number of carbonyl (C=O) groups excluding carboxylic acids is 2. The van der Waals surface area contributed by atoms with Gasteiger partial charge in [0.05, 0.1) is 6.20 Å². The van der Waals surface area contributed by atoms with E-state index in [1.807, 2.05) is 24.3 Å². The Morgan fingerprint density at radius 3 is 2.48 bits per heavy atom. The van der Waals surface area contributed by atoms with Gasteiger partial charge in [-0.1, -0.05) is 26.0 Å². The summed E-state index contributed by atoms with van der Waals surface area (Å²) in [6, 6.07) is 14.0. The maximum absolute atomic E-state index is 12.4. The van der Waals surface area contributed by atoms with Crippen molar-refractivity contribution in [2.24, 2.45) is 0 Å². The number of pyridine rings is 2. The van der Waals surface area contributed by atoms with Crippen LogP contribution in [0.15, 0.2) is 67.1 Å². The quantitative estimate of drug-likeness (QED) is 0.608. The van der Waals surface area contributed by atoms with E-state index in [2.05, 4.69) is 29.1 Å². The highest BCUT2D eigenvalue weighted by Gasteiger charge is 2.17. The second-order valence-corrected chi connectivity index (χ2v) is 6.55. The van der Waals surface area contributed by atoms with Crippen LogP contribution in [0.2, 0.25) is 0 Å². The van der Waals surface area contributed by atoms with Crippen molar-refractivity contribution < 1.29 is 19.1 Å². The number of nitrogens with zero attached hydrogens (tertiary/aromatic N) is 2. The summed E-state index contributed by atoms with van der Waals surface area (Å²) >= 11 is 0. The van der Waals surface area contributed by atoms with Crippen LogP contribution in [-0.2, 0) is 9.53 Å². The van der Waals surface area contributed by atoms with Crippen molar-refractivity contribution in [1.29, 1.82) is 0 Å². The number of aromatic nitrogens is 2. The molecule has 0 saturated heterocycles. The number of carbonyl (C=O) groups is 2. The fraction of sp³-hybridized carbons (Fsp3) is 0.182. The van der Waals surface area contributed by atoms with Gasteiger partial charge in [-0.05, 0) is 47.9 Å². The SMILES string of the molecule is CC(C)c1ccc(NC(=O)COC(=O)c2cccnc2Oc2cccnc2)cc1. The van der Waals surface area contributed by atoms with Gasteiger partial charge >= 0.3 is 5.97 Å². The van der Waals surface area contributed by atoms with E-state index in [0.29, 0.717) is 17.4 Å². The summed E-state index contributed by atoms with van der Waals surface area (Å²) in [6.45, 7) is 3.77. The summed E-state index contributed by atoms with van der Waals surface area (Å²) in [6.07, 6.45) is 4.60. The molecule has 7 nitrogen and oxygen atoms in total. The van der Waals surface area contributed by atoms with Crippen molar-refractivity contribution >= 4 is 17.6 Å². The van der Waals surface area contributed by atoms with Crippen LogP contribution in [-0.4, -0.2) is 28.5 Å². The normalized spacial score (nSPS) is 10.4. The zero-order valence-corrected chi connectivity index (χ0v) is 16.2. The van der Waals surface area contributed by atoms with E-state index >= 15 is 0 Å². The molecule has 2 heterocycles. The average Bonchev–Trinajstić information content (AvgIpc) is 2.73. The number of anilines is 1. The number of amides is 1. The Morgan fingerprint density at radius 2 is 1.79 bits per heavy atom. The van der Waals surface area contributed by atoms with Gasteiger partial charge in [0.2, 0.25) is 5.88 Å². The second kappa shape index (κ2) is 9.45. The Bertz CT molecular complexity index is 973. The lowest BCUT2D eigenvalue weighted by atomic mass is 10.0. The third kappa shape index (κ3) is 5.62. The molecule has 1 N–H and O–H groups in total. The Kier molecular flexibility index (Phi) is 6.52. The predicted molar refractivity (Wildman–Crippen MR) is 108 cm³/mol. The maximum Gasteiger partial charge on any atom is 0.344 e. The van der Waals surface area contributed by atoms with E-state index < -0.39 is 18.5 Å². The molecule has 3 rings (SSSR count). The van der Waals surface area contributed by atoms with Crippen LogP contribution in [0.4, 0.5) is 5.69 Å². The monoisotopic (exact) mass is 391 g/mol. The van der Waals surface area contributed by atoms with E-state index in [0.717, 1.165) is 0 Å². The van der Waals surface area contributed by atoms with Crippen LogP contribution in [0.25, 0.3) is 0 Å². The van der Waals surface area contributed by atoms with E-state index in [1.54, 1.807) is 24.4 Å². The van der Waals surface area contributed by atoms with Crippen molar-refractivity contribution in [3.05, 3.63) is 78.2 Å². The number of nitrogens with one attached hydrogen (secondary N) is 1. The maximum atomic E-state index is 12.4. The number of hydrogen-bond acceptors (Lipinski definition) is 6. The molecule has 0 unspecified atom stereocenters. The molecular formula is C22H21N3O4. The summed E-state index contributed by atoms with van der Waals surface area (Å²) < 4.78 is 10.7. The van der Waals surface area contributed by atoms with Crippen LogP contribution < -0.4 is 10.1 Å². The lowest BCUT2D eigenvalue weighted by Crippen LogP contribution is -2.21. The molecule has 1 amide bonds. The highest BCUT2D eigenvalue weighted by Crippen LogP contribution is 2.22. The standard InChI is InChI=1S/C22H21N3O4/c1-15(2)16-7-9-17(10-8-16)25-20(26)14-28-22(27)19-6-4-12-24-21(19)29-18-5-3-11-23-13-18/h3-13,15H,14H2,1-2H3,(H,25,26). The zero-order chi connectivity index (χ0) is 20.6. The first-order valence-corrected chi connectivity index (χ1v) is 9.13. The Hall–Kier alpha value is -3.74. The third-order valence-electron chi connectivity index (χ3n) is 4.04. The van der Waals surface area contributed by atoms with E-state index in [9.17, 15) is 9.59 Å². The van der Waals surface area contributed by atoms with Gasteiger partial charge in [-0.15, -0.1) is 0 Å². The molecule has 7 heteroatoms. The number of esters is 1. The van der Waals surface area contributed by atoms with Gasteiger partial charge in [0.1, 0.15) is 11.3 Å². The molecule has 0 spiro atoms. The minimum atomic E-state index is -0.706. The first-order chi connectivity index (χ1) is 14.0. The van der Waals surface area contributed by atoms with Crippen LogP contribution in [0.5, 0.6) is 11.6 Å². The molecular weight excluding hydrogens is 370 g/mol. The van der Waals surface area contributed by atoms with Gasteiger partial charge in [-0.3, -0.25) is 9.78 Å². The fourth-order valence-corrected chi connectivity index (χ4v) is 2.50. The molecule has 148 valence electrons. The molecule has 0 saturated carbocycles. The van der Waals surface area contributed by atoms with Crippen molar-refractivity contribution in [2.45, 2.75) is 19.8 Å². The summed E-state index contributed by atoms with van der Waals surface area (Å²) in [5.41, 5.74) is 1.93. The number of ether oxygens (including phenoxy) is 2. The summed E-state index contributed by atoms with van der Waals surface area (Å²) in [5.74, 6) is -0.224. The van der Waals surface area contributed by atoms with E-state index in [1.165, 1.54) is 24.0 Å². The molecule has 1 aromatic carbocycles. The van der Waals surface area contributed by atoms with Gasteiger partial charge in [-0.2, -0.15) is 0 Å². The van der Waals surface area contributed by atoms with Crippen LogP contribution in [0, 0.1) is 0 Å². The molecule has 0 aliphatic carbocycles. The largest absolute Gasteiger partial charge is 0.452 e. The molecule has 0 atom stereocenters. The Balaban J connectivity index is 1.58. The van der Waals surface area contributed by atoms with Crippen molar-refractivity contribution in [2.75, 3.05) is 11.9 Å². The summed E-state index contributed by atoms with van der Waals surface area (Å²) in [4.78, 5) is 32.5. The fourth-order valence-electron chi connectivity index (χ4n) is 2.50. The second-order valence-electron chi connectivity index (χ2n) is 6.55. The molecule has 29 heavy (non-hydrogen) atoms. The topological polar surface area (TPSA) is 90.4 Å². The molecule has 3 aromatic rings. The lowest BCUT2D eigenvalue weighted by Gasteiger charge is -2.10. The van der Waals surface area contributed by atoms with Crippen LogP contribution in [0.3, 0.4) is 0 Å². The highest BCUT2D eigenvalue weighted by atomic mass is 16.5. The van der Waals surface area contributed by atoms with Crippen LogP contribution in [0.1, 0.15) is 35.7 Å². The van der Waals surface area contributed by atoms with Crippen molar-refractivity contribution in [1.82, 2.24) is 9.97 Å². The van der Waals surface area contributed by atoms with Gasteiger partial charge in [0.15, 0.2) is 6.61 Å². The predicted octanol–water partition coefficient (Wildman–Crippen LogP) is 4.19. The lowest BCUT2D eigenvalue weighted by molar-refractivity contribution is -0.119. The minimum absolute atomic E-state index is 0.0789. The third-order valence-corrected chi connectivity index (χ3v) is 4.04. The van der Waals surface area contributed by atoms with Gasteiger partial charge in [0.25, 0.3) is 5.91 Å². The summed E-state index contributed by atoms with van der Waals surface area (Å²) in [7, 11) is 0. The zero-order valence-electron chi connectivity index (χ0n) is 16.2. The van der Waals surface area contributed by atoms with Gasteiger partial charge in [-0.25, -0.2) is 9.78 Å². The number of benzene rings is 1. The van der Waals surface area contributed by atoms with E-state index in [4.69, 9.17) is 9.47 Å².